The molecule has 0 aliphatic heterocycles. The highest BCUT2D eigenvalue weighted by Crippen LogP contribution is 2.28. The number of amides is 1. The molecule has 2 aromatic heterocycles. The van der Waals surface area contributed by atoms with Gasteiger partial charge in [-0.1, -0.05) is 6.07 Å². The number of anilines is 1. The fourth-order valence-electron chi connectivity index (χ4n) is 2.88. The van der Waals surface area contributed by atoms with Gasteiger partial charge in [0.25, 0.3) is 0 Å². The molecule has 0 spiro atoms. The molecule has 6 nitrogen and oxygen atoms in total. The maximum Gasteiger partial charge on any atom is 0.389 e. The molecule has 0 saturated carbocycles. The first-order valence-corrected chi connectivity index (χ1v) is 9.21. The fourth-order valence-corrected chi connectivity index (χ4v) is 3.26. The topological polar surface area (TPSA) is 85.3 Å². The van der Waals surface area contributed by atoms with Gasteiger partial charge in [-0.3, -0.25) is 4.79 Å². The first kappa shape index (κ1) is 20.1. The van der Waals surface area contributed by atoms with Crippen LogP contribution in [0.4, 0.5) is 18.9 Å². The van der Waals surface area contributed by atoms with Crippen LogP contribution in [0.5, 0.6) is 0 Å². The maximum atomic E-state index is 12.3. The summed E-state index contributed by atoms with van der Waals surface area (Å²) in [5, 5.41) is 7.37. The van der Waals surface area contributed by atoms with Crippen LogP contribution < -0.4 is 11.1 Å². The minimum atomic E-state index is -4.18. The zero-order valence-electron chi connectivity index (χ0n) is 14.8. The molecule has 0 saturated heterocycles. The van der Waals surface area contributed by atoms with Crippen LogP contribution in [-0.2, 0) is 0 Å². The smallest absolute Gasteiger partial charge is 0.382 e. The van der Waals surface area contributed by atoms with Gasteiger partial charge in [-0.15, -0.1) is 0 Å². The predicted molar refractivity (Wildman–Crippen MR) is 103 cm³/mol. The second-order valence-corrected chi connectivity index (χ2v) is 7.11. The molecule has 148 valence electrons. The van der Waals surface area contributed by atoms with Crippen molar-refractivity contribution in [3.05, 3.63) is 46.2 Å². The lowest BCUT2D eigenvalue weighted by Crippen LogP contribution is -2.12. The number of hydrogen-bond acceptors (Lipinski definition) is 4. The number of imidazole rings is 1. The average molecular weight is 456 g/mol. The normalized spacial score (nSPS) is 11.8. The zero-order chi connectivity index (χ0) is 20.5. The van der Waals surface area contributed by atoms with Crippen LogP contribution in [0.1, 0.15) is 28.8 Å². The molecular formula is C18H17BrF3N5O. The van der Waals surface area contributed by atoms with Gasteiger partial charge in [0.15, 0.2) is 5.65 Å². The van der Waals surface area contributed by atoms with Gasteiger partial charge in [-0.2, -0.15) is 18.3 Å². The molecule has 3 N–H and O–H groups in total. The van der Waals surface area contributed by atoms with E-state index in [0.717, 1.165) is 11.1 Å². The van der Waals surface area contributed by atoms with E-state index in [-0.39, 0.29) is 13.0 Å². The summed E-state index contributed by atoms with van der Waals surface area (Å²) in [4.78, 5) is 15.8. The summed E-state index contributed by atoms with van der Waals surface area (Å²) < 4.78 is 39.0. The van der Waals surface area contributed by atoms with Crippen molar-refractivity contribution in [1.29, 1.82) is 0 Å². The van der Waals surface area contributed by atoms with Crippen LogP contribution in [0.3, 0.4) is 0 Å². The van der Waals surface area contributed by atoms with Crippen LogP contribution in [0.25, 0.3) is 16.9 Å². The van der Waals surface area contributed by atoms with Crippen molar-refractivity contribution in [3.8, 4) is 11.3 Å². The van der Waals surface area contributed by atoms with E-state index in [4.69, 9.17) is 5.73 Å². The summed E-state index contributed by atoms with van der Waals surface area (Å²) in [6, 6.07) is 6.86. The van der Waals surface area contributed by atoms with Crippen LogP contribution in [-0.4, -0.2) is 33.2 Å². The lowest BCUT2D eigenvalue weighted by Gasteiger charge is -2.10. The quantitative estimate of drug-likeness (QED) is 0.542. The third-order valence-electron chi connectivity index (χ3n) is 4.18. The van der Waals surface area contributed by atoms with E-state index in [2.05, 4.69) is 31.3 Å². The van der Waals surface area contributed by atoms with Crippen molar-refractivity contribution in [2.75, 3.05) is 11.9 Å². The Morgan fingerprint density at radius 1 is 1.32 bits per heavy atom. The maximum absolute atomic E-state index is 12.3. The van der Waals surface area contributed by atoms with E-state index in [0.29, 0.717) is 27.2 Å². The molecule has 3 rings (SSSR count). The number of hydrogen-bond donors (Lipinski definition) is 2. The highest BCUT2D eigenvalue weighted by atomic mass is 79.9. The lowest BCUT2D eigenvalue weighted by atomic mass is 10.0. The van der Waals surface area contributed by atoms with Gasteiger partial charge in [0.05, 0.1) is 17.6 Å². The number of aromatic nitrogens is 3. The van der Waals surface area contributed by atoms with E-state index in [1.165, 1.54) is 0 Å². The standard InChI is InChI=1S/C18H17BrF3N5O/c1-10-7-11(3-4-12(10)16(23)28)14-9-25-17-13(8-15(19)26-27(14)17)24-6-2-5-18(20,21)22/h3-4,7-9,24H,2,5-6H2,1H3,(H2,23,28). The van der Waals surface area contributed by atoms with Crippen LogP contribution in [0.15, 0.2) is 35.1 Å². The highest BCUT2D eigenvalue weighted by molar-refractivity contribution is 9.10. The number of alkyl halides is 3. The van der Waals surface area contributed by atoms with Crippen molar-refractivity contribution >= 4 is 33.2 Å². The van der Waals surface area contributed by atoms with Crippen molar-refractivity contribution in [1.82, 2.24) is 14.6 Å². The number of carbonyl (C=O) groups excluding carboxylic acids is 1. The fraction of sp³-hybridized carbons (Fsp3) is 0.278. The molecule has 0 aliphatic carbocycles. The van der Waals surface area contributed by atoms with Crippen molar-refractivity contribution in [3.63, 3.8) is 0 Å². The SMILES string of the molecule is Cc1cc(-c2cnc3c(NCCCC(F)(F)F)cc(Br)nn23)ccc1C(N)=O. The molecule has 10 heteroatoms. The van der Waals surface area contributed by atoms with E-state index < -0.39 is 18.5 Å². The summed E-state index contributed by atoms with van der Waals surface area (Å²) in [7, 11) is 0. The van der Waals surface area contributed by atoms with Crippen molar-refractivity contribution in [2.45, 2.75) is 25.9 Å². The van der Waals surface area contributed by atoms with Gasteiger partial charge >= 0.3 is 6.18 Å². The van der Waals surface area contributed by atoms with E-state index in [1.54, 1.807) is 35.8 Å². The Morgan fingerprint density at radius 3 is 2.71 bits per heavy atom. The monoisotopic (exact) mass is 455 g/mol. The van der Waals surface area contributed by atoms with Crippen LogP contribution in [0.2, 0.25) is 0 Å². The first-order chi connectivity index (χ1) is 13.2. The Kier molecular flexibility index (Phi) is 5.59. The minimum Gasteiger partial charge on any atom is -0.382 e. The summed E-state index contributed by atoms with van der Waals surface area (Å²) in [5.74, 6) is -0.506. The van der Waals surface area contributed by atoms with E-state index in [9.17, 15) is 18.0 Å². The molecule has 28 heavy (non-hydrogen) atoms. The molecule has 0 fully saturated rings. The van der Waals surface area contributed by atoms with Gasteiger partial charge in [-0.05, 0) is 53.0 Å². The summed E-state index contributed by atoms with van der Waals surface area (Å²) >= 11 is 3.32. The zero-order valence-corrected chi connectivity index (χ0v) is 16.4. The van der Waals surface area contributed by atoms with Gasteiger partial charge in [0, 0.05) is 24.1 Å². The summed E-state index contributed by atoms with van der Waals surface area (Å²) in [6.45, 7) is 1.93. The van der Waals surface area contributed by atoms with E-state index >= 15 is 0 Å². The Balaban J connectivity index is 1.91. The van der Waals surface area contributed by atoms with E-state index in [1.807, 2.05) is 6.07 Å². The van der Waals surface area contributed by atoms with Gasteiger partial charge in [0.1, 0.15) is 4.60 Å². The van der Waals surface area contributed by atoms with Gasteiger partial charge < -0.3 is 11.1 Å². The van der Waals surface area contributed by atoms with Gasteiger partial charge in [-0.25, -0.2) is 9.50 Å². The Hall–Kier alpha value is -2.62. The second kappa shape index (κ2) is 7.78. The number of primary amides is 1. The number of fused-ring (bicyclic) bond motifs is 1. The largest absolute Gasteiger partial charge is 0.389 e. The first-order valence-electron chi connectivity index (χ1n) is 8.41. The molecule has 1 amide bonds. The summed E-state index contributed by atoms with van der Waals surface area (Å²) in [5.41, 5.74) is 9.01. The molecule has 0 radical (unpaired) electrons. The second-order valence-electron chi connectivity index (χ2n) is 6.30. The Labute approximate surface area is 167 Å². The number of nitrogens with zero attached hydrogens (tertiary/aromatic N) is 3. The van der Waals surface area contributed by atoms with Crippen molar-refractivity contribution < 1.29 is 18.0 Å². The average Bonchev–Trinajstić information content (AvgIpc) is 3.01. The molecule has 1 aromatic carbocycles. The molecule has 0 atom stereocenters. The molecule has 0 unspecified atom stereocenters. The molecule has 0 aliphatic rings. The molecular weight excluding hydrogens is 439 g/mol. The number of nitrogens with one attached hydrogen (secondary N) is 1. The molecule has 2 heterocycles. The van der Waals surface area contributed by atoms with Crippen LogP contribution in [0, 0.1) is 6.92 Å². The molecule has 3 aromatic rings. The summed E-state index contributed by atoms with van der Waals surface area (Å²) in [6.07, 6.45) is -3.45. The third-order valence-corrected chi connectivity index (χ3v) is 4.57. The third kappa shape index (κ3) is 4.44. The number of halogens is 4. The predicted octanol–water partition coefficient (Wildman–Crippen LogP) is 4.32. The minimum absolute atomic E-state index is 0.0447. The Morgan fingerprint density at radius 2 is 2.07 bits per heavy atom. The lowest BCUT2D eigenvalue weighted by molar-refractivity contribution is -0.134. The van der Waals surface area contributed by atoms with Gasteiger partial charge in [0.2, 0.25) is 5.91 Å². The van der Waals surface area contributed by atoms with Crippen LogP contribution >= 0.6 is 15.9 Å². The molecule has 0 bridgehead atoms. The number of benzene rings is 1. The van der Waals surface area contributed by atoms with Crippen molar-refractivity contribution in [2.24, 2.45) is 5.73 Å². The highest BCUT2D eigenvalue weighted by Gasteiger charge is 2.26. The number of aryl methyl sites for hydroxylation is 1. The number of rotatable bonds is 6. The number of nitrogens with two attached hydrogens (primary N) is 1. The number of carbonyl (C=O) groups is 1. The Bertz CT molecular complexity index is 1030.